The van der Waals surface area contributed by atoms with Crippen LogP contribution in [0.25, 0.3) is 0 Å². The molecule has 0 saturated carbocycles. The molecule has 27 heavy (non-hydrogen) atoms. The number of benzene rings is 2. The van der Waals surface area contributed by atoms with Crippen LogP contribution in [0.3, 0.4) is 0 Å². The summed E-state index contributed by atoms with van der Waals surface area (Å²) >= 11 is 0. The summed E-state index contributed by atoms with van der Waals surface area (Å²) in [7, 11) is 0. The summed E-state index contributed by atoms with van der Waals surface area (Å²) < 4.78 is 5.79. The Morgan fingerprint density at radius 2 is 1.96 bits per heavy atom. The van der Waals surface area contributed by atoms with Crippen LogP contribution in [0.1, 0.15) is 43.4 Å². The van der Waals surface area contributed by atoms with Gasteiger partial charge in [0.05, 0.1) is 0 Å². The third-order valence-corrected chi connectivity index (χ3v) is 4.79. The van der Waals surface area contributed by atoms with Crippen LogP contribution < -0.4 is 15.0 Å². The molecule has 2 aromatic rings. The van der Waals surface area contributed by atoms with Crippen molar-refractivity contribution in [2.24, 2.45) is 0 Å². The monoisotopic (exact) mass is 366 g/mol. The molecule has 5 nitrogen and oxygen atoms in total. The summed E-state index contributed by atoms with van der Waals surface area (Å²) in [5.41, 5.74) is 4.92. The van der Waals surface area contributed by atoms with E-state index in [9.17, 15) is 9.59 Å². The number of nitrogens with one attached hydrogen (secondary N) is 1. The van der Waals surface area contributed by atoms with Crippen molar-refractivity contribution in [3.05, 3.63) is 53.1 Å². The molecule has 1 heterocycles. The highest BCUT2D eigenvalue weighted by Gasteiger charge is 2.22. The van der Waals surface area contributed by atoms with Gasteiger partial charge in [-0.05, 0) is 60.2 Å². The predicted octanol–water partition coefficient (Wildman–Crippen LogP) is 4.04. The summed E-state index contributed by atoms with van der Waals surface area (Å²) in [4.78, 5) is 25.7. The Morgan fingerprint density at radius 1 is 1.19 bits per heavy atom. The van der Waals surface area contributed by atoms with Crippen LogP contribution in [0.15, 0.2) is 36.4 Å². The molecule has 1 N–H and O–H groups in total. The molecule has 0 saturated heterocycles. The lowest BCUT2D eigenvalue weighted by molar-refractivity contribution is -0.118. The zero-order valence-electron chi connectivity index (χ0n) is 16.3. The minimum atomic E-state index is -0.201. The molecule has 0 radical (unpaired) electrons. The Balaban J connectivity index is 1.64. The van der Waals surface area contributed by atoms with Crippen molar-refractivity contribution in [2.75, 3.05) is 23.4 Å². The average Bonchev–Trinajstić information content (AvgIpc) is 3.03. The third-order valence-electron chi connectivity index (χ3n) is 4.79. The van der Waals surface area contributed by atoms with E-state index in [0.717, 1.165) is 40.2 Å². The number of carbonyl (C=O) groups excluding carboxylic acids is 2. The number of carbonyl (C=O) groups is 2. The molecule has 1 aliphatic heterocycles. The summed E-state index contributed by atoms with van der Waals surface area (Å²) in [6, 6.07) is 11.7. The lowest BCUT2D eigenvalue weighted by Gasteiger charge is -2.16. The number of ether oxygens (including phenoxy) is 1. The first-order valence-corrected chi connectivity index (χ1v) is 9.29. The second kappa shape index (κ2) is 7.82. The molecule has 0 atom stereocenters. The van der Waals surface area contributed by atoms with Gasteiger partial charge in [0.25, 0.3) is 5.91 Å². The van der Waals surface area contributed by atoms with Gasteiger partial charge in [0.2, 0.25) is 5.91 Å². The highest BCUT2D eigenvalue weighted by molar-refractivity contribution is 5.96. The Hall–Kier alpha value is -2.82. The first kappa shape index (κ1) is 19.0. The fourth-order valence-electron chi connectivity index (χ4n) is 3.39. The van der Waals surface area contributed by atoms with Gasteiger partial charge in [-0.25, -0.2) is 0 Å². The van der Waals surface area contributed by atoms with E-state index in [4.69, 9.17) is 4.74 Å². The number of amides is 2. The molecule has 2 amide bonds. The number of fused-ring (bicyclic) bond motifs is 1. The Morgan fingerprint density at radius 3 is 2.67 bits per heavy atom. The van der Waals surface area contributed by atoms with Gasteiger partial charge < -0.3 is 15.0 Å². The minimum absolute atomic E-state index is 0.0399. The van der Waals surface area contributed by atoms with Gasteiger partial charge >= 0.3 is 0 Å². The van der Waals surface area contributed by atoms with Crippen LogP contribution in [0.2, 0.25) is 0 Å². The molecular weight excluding hydrogens is 340 g/mol. The smallest absolute Gasteiger partial charge is 0.262 e. The maximum absolute atomic E-state index is 12.3. The maximum atomic E-state index is 12.3. The SMILES string of the molecule is CC(=O)N1CCc2cc(NC(=O)COc3cc(C)ccc3C(C)C)ccc21. The highest BCUT2D eigenvalue weighted by Crippen LogP contribution is 2.31. The molecule has 0 unspecified atom stereocenters. The van der Waals surface area contributed by atoms with Crippen molar-refractivity contribution in [3.8, 4) is 5.75 Å². The van der Waals surface area contributed by atoms with Crippen LogP contribution in [-0.4, -0.2) is 25.0 Å². The van der Waals surface area contributed by atoms with E-state index < -0.39 is 0 Å². The standard InChI is InChI=1S/C22H26N2O3/c1-14(2)19-7-5-15(3)11-21(19)27-13-22(26)23-18-6-8-20-17(12-18)9-10-24(20)16(4)25/h5-8,11-12,14H,9-10,13H2,1-4H3,(H,23,26). The fraction of sp³-hybridized carbons (Fsp3) is 0.364. The van der Waals surface area contributed by atoms with Crippen molar-refractivity contribution in [1.29, 1.82) is 0 Å². The first-order chi connectivity index (χ1) is 12.8. The molecule has 0 fully saturated rings. The molecule has 142 valence electrons. The Bertz CT molecular complexity index is 874. The molecule has 0 bridgehead atoms. The zero-order valence-corrected chi connectivity index (χ0v) is 16.3. The van der Waals surface area contributed by atoms with E-state index in [1.54, 1.807) is 11.8 Å². The number of rotatable bonds is 5. The van der Waals surface area contributed by atoms with E-state index >= 15 is 0 Å². The normalized spacial score (nSPS) is 12.9. The molecule has 2 aromatic carbocycles. The fourth-order valence-corrected chi connectivity index (χ4v) is 3.39. The number of aryl methyl sites for hydroxylation is 1. The van der Waals surface area contributed by atoms with E-state index in [1.807, 2.05) is 31.2 Å². The Labute approximate surface area is 160 Å². The third kappa shape index (κ3) is 4.30. The summed E-state index contributed by atoms with van der Waals surface area (Å²) in [5.74, 6) is 0.918. The first-order valence-electron chi connectivity index (χ1n) is 9.29. The second-order valence-electron chi connectivity index (χ2n) is 7.30. The molecule has 0 aromatic heterocycles. The predicted molar refractivity (Wildman–Crippen MR) is 108 cm³/mol. The molecular formula is C22H26N2O3. The number of hydrogen-bond acceptors (Lipinski definition) is 3. The summed E-state index contributed by atoms with van der Waals surface area (Å²) in [6.07, 6.45) is 0.802. The maximum Gasteiger partial charge on any atom is 0.262 e. The van der Waals surface area contributed by atoms with E-state index in [1.165, 1.54) is 0 Å². The number of nitrogens with zero attached hydrogens (tertiary/aromatic N) is 1. The van der Waals surface area contributed by atoms with Crippen LogP contribution in [0.5, 0.6) is 5.75 Å². The quantitative estimate of drug-likeness (QED) is 0.869. The minimum Gasteiger partial charge on any atom is -0.483 e. The lowest BCUT2D eigenvalue weighted by Crippen LogP contribution is -2.25. The van der Waals surface area contributed by atoms with Crippen LogP contribution >= 0.6 is 0 Å². The van der Waals surface area contributed by atoms with E-state index in [-0.39, 0.29) is 18.4 Å². The molecule has 1 aliphatic rings. The second-order valence-corrected chi connectivity index (χ2v) is 7.30. The zero-order chi connectivity index (χ0) is 19.6. The van der Waals surface area contributed by atoms with Crippen molar-refractivity contribution in [3.63, 3.8) is 0 Å². The van der Waals surface area contributed by atoms with Gasteiger partial charge in [0, 0.05) is 24.8 Å². The lowest BCUT2D eigenvalue weighted by atomic mass is 10.0. The van der Waals surface area contributed by atoms with Gasteiger partial charge in [-0.1, -0.05) is 26.0 Å². The molecule has 3 rings (SSSR count). The van der Waals surface area contributed by atoms with Gasteiger partial charge in [-0.15, -0.1) is 0 Å². The number of anilines is 2. The van der Waals surface area contributed by atoms with Crippen molar-refractivity contribution < 1.29 is 14.3 Å². The summed E-state index contributed by atoms with van der Waals surface area (Å²) in [5, 5.41) is 2.88. The van der Waals surface area contributed by atoms with Crippen LogP contribution in [0.4, 0.5) is 11.4 Å². The van der Waals surface area contributed by atoms with Gasteiger partial charge in [0.1, 0.15) is 5.75 Å². The van der Waals surface area contributed by atoms with Crippen molar-refractivity contribution in [2.45, 2.75) is 40.0 Å². The molecule has 0 spiro atoms. The topological polar surface area (TPSA) is 58.6 Å². The highest BCUT2D eigenvalue weighted by atomic mass is 16.5. The Kier molecular flexibility index (Phi) is 5.49. The average molecular weight is 366 g/mol. The summed E-state index contributed by atoms with van der Waals surface area (Å²) in [6.45, 7) is 8.43. The van der Waals surface area contributed by atoms with Gasteiger partial charge in [0.15, 0.2) is 6.61 Å². The van der Waals surface area contributed by atoms with Crippen LogP contribution in [-0.2, 0) is 16.0 Å². The van der Waals surface area contributed by atoms with E-state index in [2.05, 4.69) is 31.3 Å². The van der Waals surface area contributed by atoms with E-state index in [0.29, 0.717) is 12.5 Å². The van der Waals surface area contributed by atoms with Gasteiger partial charge in [-0.2, -0.15) is 0 Å². The molecule has 5 heteroatoms. The van der Waals surface area contributed by atoms with Crippen molar-refractivity contribution in [1.82, 2.24) is 0 Å². The largest absolute Gasteiger partial charge is 0.483 e. The molecule has 0 aliphatic carbocycles. The van der Waals surface area contributed by atoms with Crippen LogP contribution in [0, 0.1) is 6.92 Å². The van der Waals surface area contributed by atoms with Crippen molar-refractivity contribution >= 4 is 23.2 Å². The van der Waals surface area contributed by atoms with Gasteiger partial charge in [-0.3, -0.25) is 9.59 Å². The number of hydrogen-bond donors (Lipinski definition) is 1.